The number of aryl methyl sites for hydroxylation is 1. The molecule has 0 amide bonds. The molecule has 0 aliphatic heterocycles. The molecule has 0 unspecified atom stereocenters. The first kappa shape index (κ1) is 17.4. The Morgan fingerprint density at radius 1 is 1.10 bits per heavy atom. The second-order valence-electron chi connectivity index (χ2n) is 5.30. The Bertz CT molecular complexity index is 402. The second-order valence-corrected chi connectivity index (χ2v) is 6.40. The first-order valence-electron chi connectivity index (χ1n) is 7.73. The van der Waals surface area contributed by atoms with Gasteiger partial charge in [-0.3, -0.25) is 4.90 Å². The van der Waals surface area contributed by atoms with Gasteiger partial charge in [-0.1, -0.05) is 44.9 Å². The largest absolute Gasteiger partial charge is 0.507 e. The third kappa shape index (κ3) is 5.37. The molecule has 0 atom stereocenters. The molecule has 0 saturated heterocycles. The number of hydrogen-bond donors (Lipinski definition) is 1. The van der Waals surface area contributed by atoms with Crippen LogP contribution in [0.3, 0.4) is 0 Å². The fourth-order valence-corrected chi connectivity index (χ4v) is 3.36. The van der Waals surface area contributed by atoms with E-state index >= 15 is 0 Å². The fourth-order valence-electron chi connectivity index (χ4n) is 2.28. The van der Waals surface area contributed by atoms with E-state index in [1.54, 1.807) is 0 Å². The number of thioether (sulfide) groups is 1. The van der Waals surface area contributed by atoms with Gasteiger partial charge in [-0.2, -0.15) is 11.8 Å². The van der Waals surface area contributed by atoms with Crippen molar-refractivity contribution in [2.45, 2.75) is 52.8 Å². The van der Waals surface area contributed by atoms with Crippen LogP contribution < -0.4 is 0 Å². The number of benzene rings is 1. The van der Waals surface area contributed by atoms with Crippen LogP contribution in [0.25, 0.3) is 0 Å². The van der Waals surface area contributed by atoms with Crippen LogP contribution in [0, 0.1) is 6.92 Å². The van der Waals surface area contributed by atoms with E-state index in [1.807, 2.05) is 11.8 Å². The van der Waals surface area contributed by atoms with Crippen LogP contribution >= 0.6 is 11.8 Å². The molecule has 3 heteroatoms. The number of unbranched alkanes of at least 4 members (excludes halogenated alkanes) is 1. The van der Waals surface area contributed by atoms with Crippen molar-refractivity contribution in [2.24, 2.45) is 0 Å². The normalized spacial score (nSPS) is 11.2. The van der Waals surface area contributed by atoms with Gasteiger partial charge in [-0.15, -0.1) is 0 Å². The monoisotopic (exact) mass is 295 g/mol. The Balaban J connectivity index is 2.78. The average Bonchev–Trinajstić information content (AvgIpc) is 2.45. The summed E-state index contributed by atoms with van der Waals surface area (Å²) in [4.78, 5) is 2.34. The molecule has 1 aromatic rings. The van der Waals surface area contributed by atoms with Gasteiger partial charge in [-0.05, 0) is 32.2 Å². The zero-order chi connectivity index (χ0) is 15.0. The van der Waals surface area contributed by atoms with Gasteiger partial charge < -0.3 is 5.11 Å². The predicted molar refractivity (Wildman–Crippen MR) is 90.5 cm³/mol. The number of rotatable bonds is 9. The average molecular weight is 295 g/mol. The van der Waals surface area contributed by atoms with E-state index < -0.39 is 0 Å². The van der Waals surface area contributed by atoms with Gasteiger partial charge >= 0.3 is 0 Å². The van der Waals surface area contributed by atoms with Crippen molar-refractivity contribution in [3.63, 3.8) is 0 Å². The van der Waals surface area contributed by atoms with E-state index in [9.17, 15) is 5.11 Å². The number of aromatic hydroxyl groups is 1. The Labute approximate surface area is 128 Å². The quantitative estimate of drug-likeness (QED) is 0.675. The highest BCUT2D eigenvalue weighted by Gasteiger charge is 2.11. The van der Waals surface area contributed by atoms with Crippen molar-refractivity contribution in [1.82, 2.24) is 4.90 Å². The maximum Gasteiger partial charge on any atom is 0.124 e. The summed E-state index contributed by atoms with van der Waals surface area (Å²) in [5, 5.41) is 10.5. The van der Waals surface area contributed by atoms with Gasteiger partial charge in [0.05, 0.1) is 0 Å². The molecule has 1 N–H and O–H groups in total. The maximum atomic E-state index is 10.5. The van der Waals surface area contributed by atoms with Crippen molar-refractivity contribution < 1.29 is 5.11 Å². The molecule has 1 aromatic carbocycles. The highest BCUT2D eigenvalue weighted by Crippen LogP contribution is 2.29. The summed E-state index contributed by atoms with van der Waals surface area (Å²) >= 11 is 1.92. The minimum absolute atomic E-state index is 0.506. The van der Waals surface area contributed by atoms with Crippen LogP contribution in [0.2, 0.25) is 0 Å². The molecule has 2 nitrogen and oxygen atoms in total. The second kappa shape index (κ2) is 9.30. The summed E-state index contributed by atoms with van der Waals surface area (Å²) in [6.45, 7) is 11.5. The molecule has 0 radical (unpaired) electrons. The van der Waals surface area contributed by atoms with Crippen LogP contribution in [-0.2, 0) is 12.3 Å². The van der Waals surface area contributed by atoms with Crippen LogP contribution in [0.15, 0.2) is 12.1 Å². The number of hydrogen-bond acceptors (Lipinski definition) is 3. The molecule has 114 valence electrons. The molecule has 0 saturated carbocycles. The van der Waals surface area contributed by atoms with Gasteiger partial charge in [0.2, 0.25) is 0 Å². The van der Waals surface area contributed by atoms with Gasteiger partial charge in [-0.25, -0.2) is 0 Å². The van der Waals surface area contributed by atoms with Gasteiger partial charge in [0.25, 0.3) is 0 Å². The summed E-state index contributed by atoms with van der Waals surface area (Å²) in [7, 11) is 0. The topological polar surface area (TPSA) is 23.5 Å². The molecule has 0 spiro atoms. The summed E-state index contributed by atoms with van der Waals surface area (Å²) in [6, 6.07) is 4.24. The van der Waals surface area contributed by atoms with Crippen LogP contribution in [0.5, 0.6) is 5.75 Å². The van der Waals surface area contributed by atoms with Crippen molar-refractivity contribution in [3.05, 3.63) is 28.8 Å². The van der Waals surface area contributed by atoms with E-state index in [-0.39, 0.29) is 0 Å². The van der Waals surface area contributed by atoms with E-state index in [4.69, 9.17) is 0 Å². The van der Waals surface area contributed by atoms with Crippen LogP contribution in [0.4, 0.5) is 0 Å². The third-order valence-corrected chi connectivity index (χ3v) is 4.69. The smallest absolute Gasteiger partial charge is 0.124 e. The maximum absolute atomic E-state index is 10.5. The third-order valence-electron chi connectivity index (χ3n) is 3.60. The van der Waals surface area contributed by atoms with Crippen molar-refractivity contribution >= 4 is 11.8 Å². The highest BCUT2D eigenvalue weighted by atomic mass is 32.2. The van der Waals surface area contributed by atoms with E-state index in [0.29, 0.717) is 5.75 Å². The summed E-state index contributed by atoms with van der Waals surface area (Å²) in [5.41, 5.74) is 3.41. The molecule has 0 fully saturated rings. The van der Waals surface area contributed by atoms with Crippen molar-refractivity contribution in [1.29, 1.82) is 0 Å². The Morgan fingerprint density at radius 3 is 2.35 bits per heavy atom. The number of nitrogens with zero attached hydrogens (tertiary/aromatic N) is 1. The number of phenols is 1. The molecule has 0 heterocycles. The highest BCUT2D eigenvalue weighted by molar-refractivity contribution is 7.98. The molecule has 1 rings (SSSR count). The summed E-state index contributed by atoms with van der Waals surface area (Å²) < 4.78 is 0. The minimum Gasteiger partial charge on any atom is -0.507 e. The first-order chi connectivity index (χ1) is 9.62. The van der Waals surface area contributed by atoms with Gasteiger partial charge in [0.1, 0.15) is 5.75 Å². The van der Waals surface area contributed by atoms with Gasteiger partial charge in [0, 0.05) is 23.4 Å². The molecule has 0 bridgehead atoms. The standard InChI is InChI=1S/C17H29NOS/c1-5-8-9-20-13-16-11-14(4)10-15(17(16)19)12-18(6-2)7-3/h10-11,19H,5-9,12-13H2,1-4H3. The molecule has 0 aromatic heterocycles. The molecule has 0 aliphatic rings. The summed E-state index contributed by atoms with van der Waals surface area (Å²) in [5.74, 6) is 2.60. The number of phenolic OH excluding ortho intramolecular Hbond substituents is 1. The Kier molecular flexibility index (Phi) is 8.08. The zero-order valence-corrected chi connectivity index (χ0v) is 14.2. The molecular formula is C17H29NOS. The fraction of sp³-hybridized carbons (Fsp3) is 0.647. The van der Waals surface area contributed by atoms with E-state index in [1.165, 1.54) is 24.2 Å². The van der Waals surface area contributed by atoms with Crippen LogP contribution in [0.1, 0.15) is 50.3 Å². The van der Waals surface area contributed by atoms with Crippen molar-refractivity contribution in [3.8, 4) is 5.75 Å². The lowest BCUT2D eigenvalue weighted by Gasteiger charge is -2.20. The van der Waals surface area contributed by atoms with Crippen molar-refractivity contribution in [2.75, 3.05) is 18.8 Å². The Hall–Kier alpha value is -0.670. The lowest BCUT2D eigenvalue weighted by Crippen LogP contribution is -2.22. The van der Waals surface area contributed by atoms with Crippen LogP contribution in [-0.4, -0.2) is 28.8 Å². The zero-order valence-electron chi connectivity index (χ0n) is 13.4. The Morgan fingerprint density at radius 2 is 1.75 bits per heavy atom. The lowest BCUT2D eigenvalue weighted by molar-refractivity contribution is 0.290. The van der Waals surface area contributed by atoms with Gasteiger partial charge in [0.15, 0.2) is 0 Å². The van der Waals surface area contributed by atoms with E-state index in [0.717, 1.165) is 36.5 Å². The molecule has 0 aliphatic carbocycles. The minimum atomic E-state index is 0.506. The first-order valence-corrected chi connectivity index (χ1v) is 8.89. The van der Waals surface area contributed by atoms with E-state index in [2.05, 4.69) is 44.7 Å². The molecular weight excluding hydrogens is 266 g/mol. The molecule has 20 heavy (non-hydrogen) atoms. The lowest BCUT2D eigenvalue weighted by atomic mass is 10.0. The SMILES string of the molecule is CCCCSCc1cc(C)cc(CN(CC)CC)c1O. The summed E-state index contributed by atoms with van der Waals surface area (Å²) in [6.07, 6.45) is 2.49. The predicted octanol–water partition coefficient (Wildman–Crippen LogP) is 4.58.